The van der Waals surface area contributed by atoms with E-state index in [9.17, 15) is 24.6 Å². The van der Waals surface area contributed by atoms with Crippen LogP contribution in [-0.2, 0) is 14.3 Å². The second kappa shape index (κ2) is 10.9. The van der Waals surface area contributed by atoms with Crippen molar-refractivity contribution in [3.05, 3.63) is 59.7 Å². The zero-order chi connectivity index (χ0) is 24.8. The highest BCUT2D eigenvalue weighted by Gasteiger charge is 2.39. The van der Waals surface area contributed by atoms with E-state index in [0.29, 0.717) is 12.8 Å². The molecule has 0 heterocycles. The number of carbonyl (C=O) groups excluding carboxylic acids is 2. The van der Waals surface area contributed by atoms with Crippen molar-refractivity contribution in [1.29, 1.82) is 0 Å². The van der Waals surface area contributed by atoms with Gasteiger partial charge in [-0.2, -0.15) is 0 Å². The van der Waals surface area contributed by atoms with Crippen molar-refractivity contribution < 1.29 is 29.3 Å². The van der Waals surface area contributed by atoms with Crippen LogP contribution < -0.4 is 10.6 Å². The summed E-state index contributed by atoms with van der Waals surface area (Å²) in [5, 5.41) is 24.9. The third-order valence-electron chi connectivity index (χ3n) is 7.14. The molecule has 2 aliphatic carbocycles. The van der Waals surface area contributed by atoms with E-state index >= 15 is 0 Å². The first-order valence-electron chi connectivity index (χ1n) is 12.2. The van der Waals surface area contributed by atoms with Crippen molar-refractivity contribution in [3.8, 4) is 11.1 Å². The summed E-state index contributed by atoms with van der Waals surface area (Å²) in [6.45, 7) is 0.0651. The van der Waals surface area contributed by atoms with Gasteiger partial charge in [0.15, 0.2) is 0 Å². The number of aliphatic carboxylic acids is 1. The number of nitrogens with one attached hydrogen (secondary N) is 2. The van der Waals surface area contributed by atoms with Crippen LogP contribution in [0.2, 0.25) is 0 Å². The van der Waals surface area contributed by atoms with Gasteiger partial charge in [-0.3, -0.25) is 9.59 Å². The Labute approximate surface area is 204 Å². The highest BCUT2D eigenvalue weighted by molar-refractivity contribution is 5.80. The number of carboxylic acid groups (broad SMARTS) is 1. The van der Waals surface area contributed by atoms with Crippen molar-refractivity contribution >= 4 is 18.0 Å². The summed E-state index contributed by atoms with van der Waals surface area (Å²) in [7, 11) is 0. The molecule has 0 bridgehead atoms. The molecule has 2 aromatic rings. The van der Waals surface area contributed by atoms with E-state index in [1.54, 1.807) is 0 Å². The Morgan fingerprint density at radius 1 is 0.943 bits per heavy atom. The summed E-state index contributed by atoms with van der Waals surface area (Å²) in [4.78, 5) is 36.2. The molecule has 0 spiro atoms. The number of fused-ring (bicyclic) bond motifs is 3. The number of rotatable bonds is 9. The molecule has 1 unspecified atom stereocenters. The number of aliphatic hydroxyl groups excluding tert-OH is 1. The maximum Gasteiger partial charge on any atom is 0.407 e. The fourth-order valence-corrected chi connectivity index (χ4v) is 5.17. The maximum absolute atomic E-state index is 12.3. The van der Waals surface area contributed by atoms with Crippen molar-refractivity contribution in [2.24, 2.45) is 5.41 Å². The van der Waals surface area contributed by atoms with E-state index in [1.807, 2.05) is 36.4 Å². The molecule has 2 aromatic carbocycles. The number of carboxylic acids is 1. The average molecular weight is 481 g/mol. The molecule has 4 rings (SSSR count). The Kier molecular flexibility index (Phi) is 7.70. The van der Waals surface area contributed by atoms with Crippen molar-refractivity contribution in [1.82, 2.24) is 10.6 Å². The van der Waals surface area contributed by atoms with Gasteiger partial charge in [0, 0.05) is 19.0 Å². The molecular weight excluding hydrogens is 448 g/mol. The zero-order valence-corrected chi connectivity index (χ0v) is 19.7. The number of benzene rings is 2. The van der Waals surface area contributed by atoms with Crippen LogP contribution >= 0.6 is 0 Å². The van der Waals surface area contributed by atoms with Crippen molar-refractivity contribution in [3.63, 3.8) is 0 Å². The number of amides is 2. The molecule has 2 amide bonds. The van der Waals surface area contributed by atoms with Crippen LogP contribution in [-0.4, -0.2) is 54.0 Å². The molecule has 0 aromatic heterocycles. The molecule has 186 valence electrons. The molecule has 8 nitrogen and oxygen atoms in total. The van der Waals surface area contributed by atoms with Crippen LogP contribution in [0.5, 0.6) is 0 Å². The van der Waals surface area contributed by atoms with Gasteiger partial charge in [0.05, 0.1) is 17.9 Å². The standard InChI is InChI=1S/C27H32N2O6/c30-18(14-24(31)29-17-27(25(32)33)12-6-1-7-13-27)15-28-26(34)35-16-23-21-10-4-2-8-19(21)20-9-3-5-11-22(20)23/h2-5,8-11,18,23,30H,1,6-7,12-17H2,(H,28,34)(H,29,31)(H,32,33). The van der Waals surface area contributed by atoms with Gasteiger partial charge in [0.2, 0.25) is 5.91 Å². The van der Waals surface area contributed by atoms with E-state index in [2.05, 4.69) is 22.8 Å². The summed E-state index contributed by atoms with van der Waals surface area (Å²) in [5.74, 6) is -1.40. The van der Waals surface area contributed by atoms with Gasteiger partial charge in [-0.05, 0) is 35.1 Å². The van der Waals surface area contributed by atoms with Crippen LogP contribution in [0.1, 0.15) is 55.6 Å². The quantitative estimate of drug-likeness (QED) is 0.436. The molecule has 1 atom stereocenters. The van der Waals surface area contributed by atoms with E-state index in [0.717, 1.165) is 41.5 Å². The third kappa shape index (κ3) is 5.65. The Morgan fingerprint density at radius 2 is 1.54 bits per heavy atom. The highest BCUT2D eigenvalue weighted by atomic mass is 16.5. The minimum Gasteiger partial charge on any atom is -0.481 e. The first kappa shape index (κ1) is 24.7. The minimum atomic E-state index is -1.11. The topological polar surface area (TPSA) is 125 Å². The van der Waals surface area contributed by atoms with Gasteiger partial charge in [0.25, 0.3) is 0 Å². The summed E-state index contributed by atoms with van der Waals surface area (Å²) in [6, 6.07) is 16.1. The van der Waals surface area contributed by atoms with E-state index in [-0.39, 0.29) is 32.0 Å². The van der Waals surface area contributed by atoms with E-state index < -0.39 is 29.5 Å². The lowest BCUT2D eigenvalue weighted by atomic mass is 9.74. The molecular formula is C27H32N2O6. The Morgan fingerprint density at radius 3 is 2.14 bits per heavy atom. The monoisotopic (exact) mass is 480 g/mol. The second-order valence-electron chi connectivity index (χ2n) is 9.49. The number of ether oxygens (including phenoxy) is 1. The van der Waals surface area contributed by atoms with Crippen molar-refractivity contribution in [2.45, 2.75) is 50.5 Å². The second-order valence-corrected chi connectivity index (χ2v) is 9.49. The molecule has 1 saturated carbocycles. The first-order chi connectivity index (χ1) is 16.9. The van der Waals surface area contributed by atoms with Gasteiger partial charge >= 0.3 is 12.1 Å². The third-order valence-corrected chi connectivity index (χ3v) is 7.14. The van der Waals surface area contributed by atoms with Gasteiger partial charge in [0.1, 0.15) is 6.61 Å². The lowest BCUT2D eigenvalue weighted by Crippen LogP contribution is -2.45. The van der Waals surface area contributed by atoms with Crippen LogP contribution in [0.25, 0.3) is 11.1 Å². The highest BCUT2D eigenvalue weighted by Crippen LogP contribution is 2.44. The van der Waals surface area contributed by atoms with Gasteiger partial charge in [-0.1, -0.05) is 67.8 Å². The molecule has 0 radical (unpaired) electrons. The Balaban J connectivity index is 1.21. The first-order valence-corrected chi connectivity index (χ1v) is 12.2. The molecule has 4 N–H and O–H groups in total. The molecule has 8 heteroatoms. The Bertz CT molecular complexity index is 1030. The molecule has 2 aliphatic rings. The van der Waals surface area contributed by atoms with Crippen LogP contribution in [0.15, 0.2) is 48.5 Å². The van der Waals surface area contributed by atoms with Gasteiger partial charge in [-0.15, -0.1) is 0 Å². The largest absolute Gasteiger partial charge is 0.481 e. The fraction of sp³-hybridized carbons (Fsp3) is 0.444. The predicted molar refractivity (Wildman–Crippen MR) is 130 cm³/mol. The molecule has 0 saturated heterocycles. The summed E-state index contributed by atoms with van der Waals surface area (Å²) >= 11 is 0. The average Bonchev–Trinajstić information content (AvgIpc) is 3.19. The van der Waals surface area contributed by atoms with Crippen molar-refractivity contribution in [2.75, 3.05) is 19.7 Å². The SMILES string of the molecule is O=C(CC(O)CNC(=O)OCC1c2ccccc2-c2ccccc21)NCC1(C(=O)O)CCCCC1. The van der Waals surface area contributed by atoms with Crippen LogP contribution in [0.3, 0.4) is 0 Å². The number of alkyl carbamates (subject to hydrolysis) is 1. The zero-order valence-electron chi connectivity index (χ0n) is 19.7. The van der Waals surface area contributed by atoms with E-state index in [4.69, 9.17) is 4.74 Å². The number of hydrogen-bond acceptors (Lipinski definition) is 5. The minimum absolute atomic E-state index is 0.0493. The fourth-order valence-electron chi connectivity index (χ4n) is 5.17. The van der Waals surface area contributed by atoms with Crippen LogP contribution in [0, 0.1) is 5.41 Å². The number of aliphatic hydroxyl groups is 1. The van der Waals surface area contributed by atoms with Crippen LogP contribution in [0.4, 0.5) is 4.79 Å². The Hall–Kier alpha value is -3.39. The lowest BCUT2D eigenvalue weighted by Gasteiger charge is -2.33. The summed E-state index contributed by atoms with van der Waals surface area (Å²) in [5.41, 5.74) is 3.55. The smallest absolute Gasteiger partial charge is 0.407 e. The molecule has 35 heavy (non-hydrogen) atoms. The van der Waals surface area contributed by atoms with Gasteiger partial charge < -0.3 is 25.6 Å². The normalized spacial score (nSPS) is 17.1. The summed E-state index contributed by atoms with van der Waals surface area (Å²) < 4.78 is 5.43. The molecule has 0 aliphatic heterocycles. The van der Waals surface area contributed by atoms with Gasteiger partial charge in [-0.25, -0.2) is 4.79 Å². The number of carbonyl (C=O) groups is 3. The number of hydrogen-bond donors (Lipinski definition) is 4. The predicted octanol–water partition coefficient (Wildman–Crippen LogP) is 3.43. The maximum atomic E-state index is 12.3. The lowest BCUT2D eigenvalue weighted by molar-refractivity contribution is -0.151. The summed E-state index contributed by atoms with van der Waals surface area (Å²) in [6.07, 6.45) is 1.72. The van der Waals surface area contributed by atoms with E-state index in [1.165, 1.54) is 0 Å². The molecule has 1 fully saturated rings.